The smallest absolute Gasteiger partial charge is 0.144 e. The first kappa shape index (κ1) is 12.8. The summed E-state index contributed by atoms with van der Waals surface area (Å²) in [6.07, 6.45) is 0. The van der Waals surface area contributed by atoms with Gasteiger partial charge in [0.2, 0.25) is 0 Å². The Balaban J connectivity index is 2.57. The lowest BCUT2D eigenvalue weighted by atomic mass is 10.2. The Morgan fingerprint density at radius 2 is 2.11 bits per heavy atom. The highest BCUT2D eigenvalue weighted by Gasteiger charge is 2.14. The van der Waals surface area contributed by atoms with E-state index < -0.39 is 0 Å². The molecule has 0 saturated heterocycles. The maximum atomic E-state index is 6.15. The molecule has 4 nitrogen and oxygen atoms in total. The van der Waals surface area contributed by atoms with Crippen LogP contribution in [0.5, 0.6) is 5.75 Å². The molecule has 1 heterocycles. The zero-order valence-corrected chi connectivity index (χ0v) is 11.5. The van der Waals surface area contributed by atoms with E-state index >= 15 is 0 Å². The Morgan fingerprint density at radius 3 is 2.67 bits per heavy atom. The highest BCUT2D eigenvalue weighted by molar-refractivity contribution is 6.31. The Hall–Kier alpha value is -1.68. The minimum Gasteiger partial charge on any atom is -0.492 e. The molecule has 0 aliphatic heterocycles. The van der Waals surface area contributed by atoms with Crippen molar-refractivity contribution in [2.24, 2.45) is 0 Å². The molecule has 1 aromatic carbocycles. The minimum atomic E-state index is 0.571. The minimum absolute atomic E-state index is 0.571. The van der Waals surface area contributed by atoms with Crippen LogP contribution in [0.25, 0.3) is 5.69 Å². The van der Waals surface area contributed by atoms with Crippen molar-refractivity contribution in [3.8, 4) is 11.4 Å². The van der Waals surface area contributed by atoms with Crippen LogP contribution in [-0.2, 0) is 0 Å². The van der Waals surface area contributed by atoms with Gasteiger partial charge in [-0.1, -0.05) is 17.7 Å². The van der Waals surface area contributed by atoms with E-state index in [-0.39, 0.29) is 0 Å². The average molecular weight is 266 g/mol. The van der Waals surface area contributed by atoms with Crippen molar-refractivity contribution in [1.82, 2.24) is 9.78 Å². The molecule has 2 N–H and O–H groups in total. The summed E-state index contributed by atoms with van der Waals surface area (Å²) in [5.41, 5.74) is 9.11. The topological polar surface area (TPSA) is 53.1 Å². The summed E-state index contributed by atoms with van der Waals surface area (Å²) in [4.78, 5) is 0. The van der Waals surface area contributed by atoms with Crippen LogP contribution < -0.4 is 10.5 Å². The lowest BCUT2D eigenvalue weighted by Gasteiger charge is -2.12. The quantitative estimate of drug-likeness (QED) is 0.868. The second kappa shape index (κ2) is 4.90. The second-order valence-electron chi connectivity index (χ2n) is 4.02. The van der Waals surface area contributed by atoms with Gasteiger partial charge >= 0.3 is 0 Å². The van der Waals surface area contributed by atoms with E-state index in [1.54, 1.807) is 4.68 Å². The SMILES string of the molecule is CCOc1cccc(-n2nc(C)c(Cl)c2C)c1N. The van der Waals surface area contributed by atoms with Crippen molar-refractivity contribution >= 4 is 17.3 Å². The maximum absolute atomic E-state index is 6.15. The zero-order chi connectivity index (χ0) is 13.3. The van der Waals surface area contributed by atoms with Gasteiger partial charge in [-0.15, -0.1) is 0 Å². The highest BCUT2D eigenvalue weighted by Crippen LogP contribution is 2.30. The van der Waals surface area contributed by atoms with Crippen molar-refractivity contribution in [2.45, 2.75) is 20.8 Å². The number of aryl methyl sites for hydroxylation is 1. The predicted octanol–water partition coefficient (Wildman–Crippen LogP) is 3.12. The van der Waals surface area contributed by atoms with E-state index in [1.165, 1.54) is 0 Å². The highest BCUT2D eigenvalue weighted by atomic mass is 35.5. The van der Waals surface area contributed by atoms with Gasteiger partial charge in [-0.05, 0) is 32.9 Å². The van der Waals surface area contributed by atoms with Gasteiger partial charge in [0.1, 0.15) is 11.4 Å². The Kier molecular flexibility index (Phi) is 3.48. The molecule has 18 heavy (non-hydrogen) atoms. The molecule has 0 fully saturated rings. The van der Waals surface area contributed by atoms with E-state index in [0.29, 0.717) is 23.1 Å². The van der Waals surface area contributed by atoms with Gasteiger partial charge in [-0.2, -0.15) is 5.10 Å². The van der Waals surface area contributed by atoms with E-state index in [1.807, 2.05) is 39.0 Å². The Morgan fingerprint density at radius 1 is 1.39 bits per heavy atom. The molecule has 2 aromatic rings. The third-order valence-electron chi connectivity index (χ3n) is 2.77. The standard InChI is InChI=1S/C13H16ClN3O/c1-4-18-11-7-5-6-10(13(11)15)17-9(3)12(14)8(2)16-17/h5-7H,4,15H2,1-3H3. The molecule has 1 aromatic heterocycles. The molecule has 0 radical (unpaired) electrons. The first-order valence-electron chi connectivity index (χ1n) is 5.79. The fraction of sp³-hybridized carbons (Fsp3) is 0.308. The van der Waals surface area contributed by atoms with Gasteiger partial charge in [0.15, 0.2) is 0 Å². The fourth-order valence-electron chi connectivity index (χ4n) is 1.86. The number of halogens is 1. The zero-order valence-electron chi connectivity index (χ0n) is 10.7. The summed E-state index contributed by atoms with van der Waals surface area (Å²) in [5.74, 6) is 0.665. The van der Waals surface area contributed by atoms with Crippen LogP contribution in [0.3, 0.4) is 0 Å². The number of nitrogens with two attached hydrogens (primary N) is 1. The fourth-order valence-corrected chi connectivity index (χ4v) is 1.97. The van der Waals surface area contributed by atoms with Crippen LogP contribution in [0, 0.1) is 13.8 Å². The number of hydrogen-bond acceptors (Lipinski definition) is 3. The molecular weight excluding hydrogens is 250 g/mol. The van der Waals surface area contributed by atoms with Crippen molar-refractivity contribution in [1.29, 1.82) is 0 Å². The lowest BCUT2D eigenvalue weighted by molar-refractivity contribution is 0.342. The molecule has 0 aliphatic rings. The number of anilines is 1. The maximum Gasteiger partial charge on any atom is 0.144 e. The number of nitrogens with zero attached hydrogens (tertiary/aromatic N) is 2. The van der Waals surface area contributed by atoms with Gasteiger partial charge in [-0.3, -0.25) is 0 Å². The van der Waals surface area contributed by atoms with E-state index in [4.69, 9.17) is 22.1 Å². The molecular formula is C13H16ClN3O. The Labute approximate surface area is 111 Å². The number of rotatable bonds is 3. The third-order valence-corrected chi connectivity index (χ3v) is 3.32. The molecule has 0 bridgehead atoms. The summed E-state index contributed by atoms with van der Waals surface area (Å²) >= 11 is 6.15. The summed E-state index contributed by atoms with van der Waals surface area (Å²) < 4.78 is 7.22. The summed E-state index contributed by atoms with van der Waals surface area (Å²) in [6, 6.07) is 5.63. The predicted molar refractivity (Wildman–Crippen MR) is 73.6 cm³/mol. The number of para-hydroxylation sites is 1. The summed E-state index contributed by atoms with van der Waals surface area (Å²) in [6.45, 7) is 6.28. The first-order chi connectivity index (χ1) is 8.56. The van der Waals surface area contributed by atoms with Crippen LogP contribution in [0.2, 0.25) is 5.02 Å². The number of hydrogen-bond donors (Lipinski definition) is 1. The second-order valence-corrected chi connectivity index (χ2v) is 4.40. The number of ether oxygens (including phenoxy) is 1. The van der Waals surface area contributed by atoms with E-state index in [9.17, 15) is 0 Å². The average Bonchev–Trinajstić information content (AvgIpc) is 2.60. The van der Waals surface area contributed by atoms with E-state index in [2.05, 4.69) is 5.10 Å². The van der Waals surface area contributed by atoms with Crippen LogP contribution >= 0.6 is 11.6 Å². The molecule has 0 aliphatic carbocycles. The van der Waals surface area contributed by atoms with Crippen molar-refractivity contribution in [2.75, 3.05) is 12.3 Å². The molecule has 0 unspecified atom stereocenters. The number of benzene rings is 1. The van der Waals surface area contributed by atoms with Crippen LogP contribution in [0.15, 0.2) is 18.2 Å². The molecule has 0 amide bonds. The van der Waals surface area contributed by atoms with E-state index in [0.717, 1.165) is 17.1 Å². The first-order valence-corrected chi connectivity index (χ1v) is 6.17. The van der Waals surface area contributed by atoms with Gasteiger partial charge < -0.3 is 10.5 Å². The summed E-state index contributed by atoms with van der Waals surface area (Å²) in [7, 11) is 0. The van der Waals surface area contributed by atoms with Gasteiger partial charge in [0.25, 0.3) is 0 Å². The van der Waals surface area contributed by atoms with Crippen LogP contribution in [-0.4, -0.2) is 16.4 Å². The molecule has 5 heteroatoms. The van der Waals surface area contributed by atoms with Crippen molar-refractivity contribution in [3.05, 3.63) is 34.6 Å². The molecule has 0 spiro atoms. The Bertz CT molecular complexity index is 578. The van der Waals surface area contributed by atoms with Crippen molar-refractivity contribution < 1.29 is 4.74 Å². The van der Waals surface area contributed by atoms with Crippen molar-refractivity contribution in [3.63, 3.8) is 0 Å². The summed E-state index contributed by atoms with van der Waals surface area (Å²) in [5, 5.41) is 5.05. The van der Waals surface area contributed by atoms with Crippen LogP contribution in [0.1, 0.15) is 18.3 Å². The molecule has 0 atom stereocenters. The van der Waals surface area contributed by atoms with Crippen LogP contribution in [0.4, 0.5) is 5.69 Å². The van der Waals surface area contributed by atoms with Gasteiger partial charge in [0.05, 0.1) is 28.7 Å². The normalized spacial score (nSPS) is 10.7. The largest absolute Gasteiger partial charge is 0.492 e. The van der Waals surface area contributed by atoms with Gasteiger partial charge in [-0.25, -0.2) is 4.68 Å². The third kappa shape index (κ3) is 2.04. The van der Waals surface area contributed by atoms with Gasteiger partial charge in [0, 0.05) is 0 Å². The number of nitrogen functional groups attached to an aromatic ring is 1. The number of aromatic nitrogens is 2. The molecule has 2 rings (SSSR count). The monoisotopic (exact) mass is 265 g/mol. The lowest BCUT2D eigenvalue weighted by Crippen LogP contribution is -2.05. The molecule has 96 valence electrons. The molecule has 0 saturated carbocycles.